The number of carbonyl (C=O) groups excluding carboxylic acids is 1. The van der Waals surface area contributed by atoms with E-state index in [9.17, 15) is 4.79 Å². The second-order valence-corrected chi connectivity index (χ2v) is 3.41. The molecule has 68 valence electrons. The molecule has 1 aromatic carbocycles. The van der Waals surface area contributed by atoms with Crippen LogP contribution in [-0.4, -0.2) is 18.4 Å². The van der Waals surface area contributed by atoms with E-state index in [1.807, 2.05) is 18.2 Å². The van der Waals surface area contributed by atoms with Crippen molar-refractivity contribution < 1.29 is 4.79 Å². The summed E-state index contributed by atoms with van der Waals surface area (Å²) in [7, 11) is 0. The summed E-state index contributed by atoms with van der Waals surface area (Å²) in [5.74, 6) is 0.351. The maximum absolute atomic E-state index is 11.3. The van der Waals surface area contributed by atoms with Crippen LogP contribution in [0.5, 0.6) is 0 Å². The molecule has 0 aromatic heterocycles. The Balaban J connectivity index is 2.02. The van der Waals surface area contributed by atoms with Gasteiger partial charge in [0.15, 0.2) is 5.78 Å². The van der Waals surface area contributed by atoms with E-state index in [2.05, 4.69) is 17.4 Å². The highest BCUT2D eigenvalue weighted by Gasteiger charge is 2.23. The number of Topliss-reactive ketones (excluding diaryl/α,β-unsaturated/α-hetero) is 1. The van der Waals surface area contributed by atoms with Gasteiger partial charge < -0.3 is 5.32 Å². The van der Waals surface area contributed by atoms with E-state index in [1.54, 1.807) is 0 Å². The summed E-state index contributed by atoms with van der Waals surface area (Å²) in [6.07, 6.45) is 1.52. The molecule has 1 atom stereocenters. The molecule has 2 rings (SSSR count). The molecule has 1 saturated heterocycles. The fourth-order valence-corrected chi connectivity index (χ4v) is 1.69. The third-order valence-corrected chi connectivity index (χ3v) is 2.43. The van der Waals surface area contributed by atoms with Crippen molar-refractivity contribution in [3.63, 3.8) is 0 Å². The molecular formula is C11H13NO. The Labute approximate surface area is 78.0 Å². The van der Waals surface area contributed by atoms with Crippen LogP contribution in [0.2, 0.25) is 0 Å². The van der Waals surface area contributed by atoms with Crippen molar-refractivity contribution in [1.29, 1.82) is 0 Å². The fourth-order valence-electron chi connectivity index (χ4n) is 1.69. The first-order valence-corrected chi connectivity index (χ1v) is 4.66. The van der Waals surface area contributed by atoms with E-state index in [0.29, 0.717) is 12.2 Å². The minimum atomic E-state index is 0.0578. The predicted molar refractivity (Wildman–Crippen MR) is 51.6 cm³/mol. The average Bonchev–Trinajstić information content (AvgIpc) is 2.54. The molecular weight excluding hydrogens is 162 g/mol. The van der Waals surface area contributed by atoms with Crippen LogP contribution in [0.3, 0.4) is 0 Å². The number of hydrogen-bond donors (Lipinski definition) is 1. The number of carbonyl (C=O) groups is 1. The second-order valence-electron chi connectivity index (χ2n) is 3.41. The van der Waals surface area contributed by atoms with Crippen molar-refractivity contribution in [3.8, 4) is 0 Å². The molecule has 1 aromatic rings. The highest BCUT2D eigenvalue weighted by Crippen LogP contribution is 2.08. The molecule has 0 spiro atoms. The first-order chi connectivity index (χ1) is 6.36. The molecule has 13 heavy (non-hydrogen) atoms. The average molecular weight is 175 g/mol. The van der Waals surface area contributed by atoms with Crippen molar-refractivity contribution in [3.05, 3.63) is 35.9 Å². The van der Waals surface area contributed by atoms with E-state index in [-0.39, 0.29) is 6.04 Å². The number of nitrogens with one attached hydrogen (secondary N) is 1. The largest absolute Gasteiger partial charge is 0.307 e. The first-order valence-electron chi connectivity index (χ1n) is 4.66. The molecule has 0 aliphatic carbocycles. The van der Waals surface area contributed by atoms with E-state index in [0.717, 1.165) is 13.0 Å². The lowest BCUT2D eigenvalue weighted by molar-refractivity contribution is -0.118. The van der Waals surface area contributed by atoms with Gasteiger partial charge in [0.05, 0.1) is 6.04 Å². The molecule has 2 heteroatoms. The summed E-state index contributed by atoms with van der Waals surface area (Å²) in [5, 5.41) is 3.21. The molecule has 1 heterocycles. The number of benzene rings is 1. The first kappa shape index (κ1) is 8.45. The lowest BCUT2D eigenvalue weighted by Crippen LogP contribution is -2.29. The van der Waals surface area contributed by atoms with Gasteiger partial charge >= 0.3 is 0 Å². The molecule has 1 unspecified atom stereocenters. The predicted octanol–water partition coefficient (Wildman–Crippen LogP) is 1.16. The molecule has 1 aliphatic heterocycles. The second kappa shape index (κ2) is 3.71. The summed E-state index contributed by atoms with van der Waals surface area (Å²) in [6, 6.07) is 10.2. The zero-order valence-electron chi connectivity index (χ0n) is 7.49. The number of rotatable bonds is 2. The zero-order valence-corrected chi connectivity index (χ0v) is 7.49. The third kappa shape index (κ3) is 1.95. The summed E-state index contributed by atoms with van der Waals surface area (Å²) in [6.45, 7) is 0.844. The van der Waals surface area contributed by atoms with Crippen molar-refractivity contribution in [2.24, 2.45) is 0 Å². The van der Waals surface area contributed by atoms with Gasteiger partial charge in [0, 0.05) is 13.0 Å². The summed E-state index contributed by atoms with van der Waals surface area (Å²) in [5.41, 5.74) is 1.23. The molecule has 2 nitrogen and oxygen atoms in total. The Hall–Kier alpha value is -1.15. The summed E-state index contributed by atoms with van der Waals surface area (Å²) >= 11 is 0. The Morgan fingerprint density at radius 2 is 2.08 bits per heavy atom. The SMILES string of the molecule is O=C1CCNC1Cc1ccccc1. The third-order valence-electron chi connectivity index (χ3n) is 2.43. The van der Waals surface area contributed by atoms with E-state index >= 15 is 0 Å². The van der Waals surface area contributed by atoms with E-state index < -0.39 is 0 Å². The lowest BCUT2D eigenvalue weighted by atomic mass is 10.0. The highest BCUT2D eigenvalue weighted by molar-refractivity contribution is 5.86. The van der Waals surface area contributed by atoms with Gasteiger partial charge in [0.1, 0.15) is 0 Å². The van der Waals surface area contributed by atoms with Gasteiger partial charge in [-0.2, -0.15) is 0 Å². The van der Waals surface area contributed by atoms with Crippen LogP contribution in [0.4, 0.5) is 0 Å². The van der Waals surface area contributed by atoms with Crippen molar-refractivity contribution in [2.75, 3.05) is 6.54 Å². The highest BCUT2D eigenvalue weighted by atomic mass is 16.1. The van der Waals surface area contributed by atoms with Crippen molar-refractivity contribution in [2.45, 2.75) is 18.9 Å². The molecule has 0 radical (unpaired) electrons. The monoisotopic (exact) mass is 175 g/mol. The van der Waals surface area contributed by atoms with E-state index in [4.69, 9.17) is 0 Å². The summed E-state index contributed by atoms with van der Waals surface area (Å²) < 4.78 is 0. The fraction of sp³-hybridized carbons (Fsp3) is 0.364. The van der Waals surface area contributed by atoms with Gasteiger partial charge in [0.25, 0.3) is 0 Å². The van der Waals surface area contributed by atoms with Crippen LogP contribution in [-0.2, 0) is 11.2 Å². The quantitative estimate of drug-likeness (QED) is 0.730. The Bertz CT molecular complexity index is 294. The summed E-state index contributed by atoms with van der Waals surface area (Å²) in [4.78, 5) is 11.3. The number of hydrogen-bond acceptors (Lipinski definition) is 2. The van der Waals surface area contributed by atoms with Gasteiger partial charge in [-0.1, -0.05) is 30.3 Å². The maximum Gasteiger partial charge on any atom is 0.151 e. The van der Waals surface area contributed by atoms with Gasteiger partial charge in [0.2, 0.25) is 0 Å². The standard InChI is InChI=1S/C11H13NO/c13-11-6-7-12-10(11)8-9-4-2-1-3-5-9/h1-5,10,12H,6-8H2. The van der Waals surface area contributed by atoms with Crippen LogP contribution >= 0.6 is 0 Å². The van der Waals surface area contributed by atoms with Crippen molar-refractivity contribution in [1.82, 2.24) is 5.32 Å². The minimum absolute atomic E-state index is 0.0578. The Morgan fingerprint density at radius 1 is 1.31 bits per heavy atom. The normalized spacial score (nSPS) is 22.2. The van der Waals surface area contributed by atoms with Gasteiger partial charge in [-0.05, 0) is 12.0 Å². The maximum atomic E-state index is 11.3. The molecule has 0 amide bonds. The van der Waals surface area contributed by atoms with Gasteiger partial charge in [-0.25, -0.2) is 0 Å². The van der Waals surface area contributed by atoms with Crippen LogP contribution in [0.1, 0.15) is 12.0 Å². The topological polar surface area (TPSA) is 29.1 Å². The van der Waals surface area contributed by atoms with Gasteiger partial charge in [-0.15, -0.1) is 0 Å². The minimum Gasteiger partial charge on any atom is -0.307 e. The molecule has 0 saturated carbocycles. The molecule has 1 aliphatic rings. The van der Waals surface area contributed by atoms with Crippen molar-refractivity contribution >= 4 is 5.78 Å². The lowest BCUT2D eigenvalue weighted by Gasteiger charge is -2.07. The molecule has 1 fully saturated rings. The van der Waals surface area contributed by atoms with Crippen LogP contribution in [0.25, 0.3) is 0 Å². The van der Waals surface area contributed by atoms with Crippen LogP contribution < -0.4 is 5.32 Å². The van der Waals surface area contributed by atoms with Gasteiger partial charge in [-0.3, -0.25) is 4.79 Å². The number of ketones is 1. The smallest absolute Gasteiger partial charge is 0.151 e. The molecule has 1 N–H and O–H groups in total. The van der Waals surface area contributed by atoms with Crippen LogP contribution in [0, 0.1) is 0 Å². The molecule has 0 bridgehead atoms. The zero-order chi connectivity index (χ0) is 9.10. The van der Waals surface area contributed by atoms with E-state index in [1.165, 1.54) is 5.56 Å². The van der Waals surface area contributed by atoms with Crippen LogP contribution in [0.15, 0.2) is 30.3 Å². The Morgan fingerprint density at radius 3 is 2.69 bits per heavy atom. The Kier molecular flexibility index (Phi) is 2.41.